The number of benzene rings is 1. The molecule has 0 atom stereocenters. The predicted molar refractivity (Wildman–Crippen MR) is 121 cm³/mol. The zero-order chi connectivity index (χ0) is 23.3. The van der Waals surface area contributed by atoms with Crippen molar-refractivity contribution in [3.05, 3.63) is 44.7 Å². The molecule has 2 aromatic rings. The molecule has 1 amide bonds. The van der Waals surface area contributed by atoms with Gasteiger partial charge in [-0.2, -0.15) is 18.2 Å². The molecule has 2 heterocycles. The van der Waals surface area contributed by atoms with Crippen LogP contribution in [0.1, 0.15) is 72.9 Å². The standard InChI is InChI=1S/C24H30F3N3OS/c1-15-20(23(2,3)4)32-22(30(15)14-16-7-8-16)28-21(31)18-13-17(24(25,26)27)9-10-19(18)29-11-5-6-12-29/h9-10,13,16H,5-8,11-12,14H2,1-4H3/b28-22-. The number of aromatic nitrogens is 1. The molecule has 8 heteroatoms. The van der Waals surface area contributed by atoms with E-state index in [1.807, 2.05) is 11.8 Å². The summed E-state index contributed by atoms with van der Waals surface area (Å²) in [4.78, 5) is 21.4. The lowest BCUT2D eigenvalue weighted by Crippen LogP contribution is -2.23. The zero-order valence-corrected chi connectivity index (χ0v) is 19.9. The average Bonchev–Trinajstić information content (AvgIpc) is 3.24. The van der Waals surface area contributed by atoms with Gasteiger partial charge in [0.05, 0.1) is 11.1 Å². The Labute approximate surface area is 190 Å². The van der Waals surface area contributed by atoms with Crippen molar-refractivity contribution in [3.63, 3.8) is 0 Å². The van der Waals surface area contributed by atoms with E-state index < -0.39 is 17.6 Å². The second-order valence-electron chi connectivity index (χ2n) is 9.94. The second-order valence-corrected chi connectivity index (χ2v) is 10.9. The summed E-state index contributed by atoms with van der Waals surface area (Å²) >= 11 is 1.47. The van der Waals surface area contributed by atoms with Crippen LogP contribution < -0.4 is 9.70 Å². The minimum atomic E-state index is -4.51. The summed E-state index contributed by atoms with van der Waals surface area (Å²) < 4.78 is 42.3. The van der Waals surface area contributed by atoms with Crippen LogP contribution in [0.5, 0.6) is 0 Å². The van der Waals surface area contributed by atoms with Crippen molar-refractivity contribution < 1.29 is 18.0 Å². The average molecular weight is 466 g/mol. The van der Waals surface area contributed by atoms with Gasteiger partial charge in [0.15, 0.2) is 4.80 Å². The maximum absolute atomic E-state index is 13.4. The minimum Gasteiger partial charge on any atom is -0.371 e. The van der Waals surface area contributed by atoms with Crippen LogP contribution in [0.4, 0.5) is 18.9 Å². The van der Waals surface area contributed by atoms with Crippen LogP contribution in [0.25, 0.3) is 0 Å². The van der Waals surface area contributed by atoms with Crippen molar-refractivity contribution in [2.45, 2.75) is 71.5 Å². The molecule has 1 aromatic carbocycles. The van der Waals surface area contributed by atoms with Crippen molar-refractivity contribution in [1.29, 1.82) is 0 Å². The molecule has 0 bridgehead atoms. The molecule has 0 spiro atoms. The van der Waals surface area contributed by atoms with E-state index in [9.17, 15) is 18.0 Å². The quantitative estimate of drug-likeness (QED) is 0.562. The monoisotopic (exact) mass is 465 g/mol. The fraction of sp³-hybridized carbons (Fsp3) is 0.583. The molecular formula is C24H30F3N3OS. The number of anilines is 1. The van der Waals surface area contributed by atoms with E-state index in [4.69, 9.17) is 0 Å². The lowest BCUT2D eigenvalue weighted by Gasteiger charge is -2.21. The molecular weight excluding hydrogens is 435 g/mol. The molecule has 4 nitrogen and oxygen atoms in total. The Hall–Kier alpha value is -2.09. The van der Waals surface area contributed by atoms with E-state index in [-0.39, 0.29) is 11.0 Å². The number of halogens is 3. The molecule has 0 unspecified atom stereocenters. The Kier molecular flexibility index (Phi) is 6.03. The first kappa shape index (κ1) is 23.1. The SMILES string of the molecule is Cc1c(C(C)(C)C)s/c(=N\C(=O)c2cc(C(F)(F)F)ccc2N2CCCC2)n1CC1CC1. The van der Waals surface area contributed by atoms with Gasteiger partial charge < -0.3 is 9.47 Å². The van der Waals surface area contributed by atoms with E-state index in [2.05, 4.69) is 30.3 Å². The molecule has 1 aliphatic carbocycles. The lowest BCUT2D eigenvalue weighted by molar-refractivity contribution is -0.137. The van der Waals surface area contributed by atoms with Crippen LogP contribution in [-0.2, 0) is 18.1 Å². The second kappa shape index (κ2) is 8.36. The topological polar surface area (TPSA) is 37.6 Å². The van der Waals surface area contributed by atoms with Gasteiger partial charge in [0, 0.05) is 35.9 Å². The van der Waals surface area contributed by atoms with Gasteiger partial charge in [0.2, 0.25) is 0 Å². The summed E-state index contributed by atoms with van der Waals surface area (Å²) in [5.41, 5.74) is 0.742. The first-order chi connectivity index (χ1) is 14.9. The minimum absolute atomic E-state index is 0.0306. The summed E-state index contributed by atoms with van der Waals surface area (Å²) in [6, 6.07) is 3.45. The van der Waals surface area contributed by atoms with E-state index >= 15 is 0 Å². The van der Waals surface area contributed by atoms with E-state index in [0.29, 0.717) is 16.4 Å². The fourth-order valence-corrected chi connectivity index (χ4v) is 5.50. The number of nitrogens with zero attached hydrogens (tertiary/aromatic N) is 3. The van der Waals surface area contributed by atoms with Gasteiger partial charge in [0.25, 0.3) is 5.91 Å². The molecule has 0 N–H and O–H groups in total. The maximum atomic E-state index is 13.4. The number of hydrogen-bond acceptors (Lipinski definition) is 3. The normalized spacial score (nSPS) is 18.0. The molecule has 174 valence electrons. The third kappa shape index (κ3) is 4.80. The third-order valence-electron chi connectivity index (χ3n) is 6.17. The Morgan fingerprint density at radius 3 is 2.38 bits per heavy atom. The van der Waals surface area contributed by atoms with E-state index in [0.717, 1.165) is 68.0 Å². The largest absolute Gasteiger partial charge is 0.416 e. The van der Waals surface area contributed by atoms with Gasteiger partial charge >= 0.3 is 6.18 Å². The third-order valence-corrected chi connectivity index (χ3v) is 7.78. The van der Waals surface area contributed by atoms with Gasteiger partial charge in [-0.05, 0) is 62.1 Å². The highest BCUT2D eigenvalue weighted by atomic mass is 32.1. The lowest BCUT2D eigenvalue weighted by atomic mass is 9.93. The van der Waals surface area contributed by atoms with Gasteiger partial charge in [0.1, 0.15) is 0 Å². The van der Waals surface area contributed by atoms with Crippen LogP contribution in [-0.4, -0.2) is 23.6 Å². The van der Waals surface area contributed by atoms with Gasteiger partial charge in [-0.25, -0.2) is 0 Å². The Morgan fingerprint density at radius 1 is 1.16 bits per heavy atom. The summed E-state index contributed by atoms with van der Waals surface area (Å²) in [6.07, 6.45) is -0.262. The van der Waals surface area contributed by atoms with Crippen LogP contribution in [0.15, 0.2) is 23.2 Å². The van der Waals surface area contributed by atoms with Gasteiger partial charge in [-0.15, -0.1) is 11.3 Å². The number of carbonyl (C=O) groups excluding carboxylic acids is 1. The number of carbonyl (C=O) groups is 1. The van der Waals surface area contributed by atoms with Crippen LogP contribution >= 0.6 is 11.3 Å². The van der Waals surface area contributed by atoms with Crippen LogP contribution in [0.2, 0.25) is 0 Å². The number of amides is 1. The smallest absolute Gasteiger partial charge is 0.371 e. The van der Waals surface area contributed by atoms with Crippen molar-refractivity contribution >= 4 is 22.9 Å². The highest BCUT2D eigenvalue weighted by Gasteiger charge is 2.33. The number of alkyl halides is 3. The molecule has 0 radical (unpaired) electrons. The van der Waals surface area contributed by atoms with Gasteiger partial charge in [-0.3, -0.25) is 4.79 Å². The molecule has 2 fully saturated rings. The summed E-state index contributed by atoms with van der Waals surface area (Å²) in [6.45, 7) is 10.7. The highest BCUT2D eigenvalue weighted by molar-refractivity contribution is 7.09. The van der Waals surface area contributed by atoms with Crippen LogP contribution in [0.3, 0.4) is 0 Å². The number of rotatable bonds is 4. The van der Waals surface area contributed by atoms with Crippen molar-refractivity contribution in [3.8, 4) is 0 Å². The van der Waals surface area contributed by atoms with E-state index in [1.54, 1.807) is 0 Å². The zero-order valence-electron chi connectivity index (χ0n) is 19.1. The highest BCUT2D eigenvalue weighted by Crippen LogP contribution is 2.35. The number of thiazole rings is 1. The first-order valence-electron chi connectivity index (χ1n) is 11.2. The molecule has 1 aromatic heterocycles. The summed E-state index contributed by atoms with van der Waals surface area (Å²) in [5.74, 6) is -0.0249. The molecule has 4 rings (SSSR count). The maximum Gasteiger partial charge on any atom is 0.416 e. The Balaban J connectivity index is 1.82. The summed E-state index contributed by atoms with van der Waals surface area (Å²) in [7, 11) is 0. The molecule has 1 aliphatic heterocycles. The molecule has 32 heavy (non-hydrogen) atoms. The summed E-state index contributed by atoms with van der Waals surface area (Å²) in [5, 5.41) is 0. The number of hydrogen-bond donors (Lipinski definition) is 0. The first-order valence-corrected chi connectivity index (χ1v) is 12.0. The van der Waals surface area contributed by atoms with Gasteiger partial charge in [-0.1, -0.05) is 20.8 Å². The van der Waals surface area contributed by atoms with Crippen molar-refractivity contribution in [2.24, 2.45) is 10.9 Å². The molecule has 2 aliphatic rings. The van der Waals surface area contributed by atoms with Crippen LogP contribution in [0, 0.1) is 12.8 Å². The fourth-order valence-electron chi connectivity index (χ4n) is 4.30. The van der Waals surface area contributed by atoms with Crippen molar-refractivity contribution in [2.75, 3.05) is 18.0 Å². The van der Waals surface area contributed by atoms with E-state index in [1.165, 1.54) is 17.4 Å². The predicted octanol–water partition coefficient (Wildman–Crippen LogP) is 5.93. The molecule has 1 saturated carbocycles. The molecule has 1 saturated heterocycles. The van der Waals surface area contributed by atoms with Crippen molar-refractivity contribution in [1.82, 2.24) is 4.57 Å². The Morgan fingerprint density at radius 2 is 1.81 bits per heavy atom. The Bertz CT molecular complexity index is 1080.